The summed E-state index contributed by atoms with van der Waals surface area (Å²) >= 11 is 0. The predicted octanol–water partition coefficient (Wildman–Crippen LogP) is 2.85. The first-order valence-corrected chi connectivity index (χ1v) is 8.87. The lowest BCUT2D eigenvalue weighted by atomic mass is 9.75. The number of aryl methyl sites for hydroxylation is 2. The predicted molar refractivity (Wildman–Crippen MR) is 99.2 cm³/mol. The van der Waals surface area contributed by atoms with Crippen molar-refractivity contribution in [1.29, 1.82) is 0 Å². The van der Waals surface area contributed by atoms with Crippen molar-refractivity contribution >= 4 is 12.1 Å². The molecule has 1 amide bonds. The molecule has 0 radical (unpaired) electrons. The van der Waals surface area contributed by atoms with E-state index in [1.54, 1.807) is 13.2 Å². The first-order chi connectivity index (χ1) is 12.0. The highest BCUT2D eigenvalue weighted by Crippen LogP contribution is 2.39. The van der Waals surface area contributed by atoms with E-state index in [2.05, 4.69) is 34.4 Å². The molecule has 5 rings (SSSR count). The molecule has 1 aliphatic carbocycles. The van der Waals surface area contributed by atoms with Crippen molar-refractivity contribution < 1.29 is 4.79 Å². The van der Waals surface area contributed by atoms with Gasteiger partial charge < -0.3 is 10.2 Å². The van der Waals surface area contributed by atoms with E-state index in [1.165, 1.54) is 24.1 Å². The zero-order valence-electron chi connectivity index (χ0n) is 15.4. The molecular formula is C19H27N5O. The van der Waals surface area contributed by atoms with Gasteiger partial charge in [-0.15, -0.1) is 0 Å². The normalized spacial score (nSPS) is 24.7. The number of benzene rings is 1. The highest BCUT2D eigenvalue weighted by Gasteiger charge is 2.41. The molecule has 25 heavy (non-hydrogen) atoms. The molecule has 0 spiro atoms. The number of carbonyl (C=O) groups is 1. The topological polar surface area (TPSA) is 63.1 Å². The van der Waals surface area contributed by atoms with Crippen LogP contribution in [-0.2, 0) is 11.8 Å². The van der Waals surface area contributed by atoms with Gasteiger partial charge in [0.25, 0.3) is 0 Å². The van der Waals surface area contributed by atoms with Crippen molar-refractivity contribution in [2.24, 2.45) is 13.0 Å². The van der Waals surface area contributed by atoms with Crippen LogP contribution in [0.4, 0.5) is 5.69 Å². The molecule has 6 heteroatoms. The van der Waals surface area contributed by atoms with Crippen LogP contribution in [0.1, 0.15) is 31.7 Å². The van der Waals surface area contributed by atoms with Gasteiger partial charge in [0.15, 0.2) is 0 Å². The summed E-state index contributed by atoms with van der Waals surface area (Å²) in [5.74, 6) is 1.00. The number of hydrogen-bond acceptors (Lipinski definition) is 4. The van der Waals surface area contributed by atoms with Gasteiger partial charge in [-0.3, -0.25) is 4.79 Å². The summed E-state index contributed by atoms with van der Waals surface area (Å²) in [6.07, 6.45) is 6.75. The smallest absolute Gasteiger partial charge is 0.211 e. The van der Waals surface area contributed by atoms with E-state index in [4.69, 9.17) is 0 Å². The molecule has 6 nitrogen and oxygen atoms in total. The van der Waals surface area contributed by atoms with Crippen molar-refractivity contribution in [3.8, 4) is 11.3 Å². The molecule has 1 unspecified atom stereocenters. The molecule has 3 aliphatic rings. The summed E-state index contributed by atoms with van der Waals surface area (Å²) in [5.41, 5.74) is 3.62. The van der Waals surface area contributed by atoms with Crippen LogP contribution in [-0.4, -0.2) is 45.4 Å². The van der Waals surface area contributed by atoms with E-state index in [-0.39, 0.29) is 0 Å². The van der Waals surface area contributed by atoms with Crippen molar-refractivity contribution in [3.63, 3.8) is 0 Å². The Hall–Kier alpha value is -2.21. The van der Waals surface area contributed by atoms with Crippen molar-refractivity contribution in [3.05, 3.63) is 30.0 Å². The van der Waals surface area contributed by atoms with Crippen LogP contribution in [0.15, 0.2) is 24.4 Å². The van der Waals surface area contributed by atoms with Crippen LogP contribution in [0.25, 0.3) is 11.3 Å². The van der Waals surface area contributed by atoms with E-state index in [0.29, 0.717) is 6.41 Å². The summed E-state index contributed by atoms with van der Waals surface area (Å²) in [6.45, 7) is 4.38. The van der Waals surface area contributed by atoms with E-state index in [9.17, 15) is 4.79 Å². The van der Waals surface area contributed by atoms with Crippen molar-refractivity contribution in [2.45, 2.75) is 45.2 Å². The third-order valence-electron chi connectivity index (χ3n) is 5.38. The van der Waals surface area contributed by atoms with Gasteiger partial charge >= 0.3 is 0 Å². The number of nitrogens with zero attached hydrogens (tertiary/aromatic N) is 4. The van der Waals surface area contributed by atoms with Crippen LogP contribution < -0.4 is 5.32 Å². The fourth-order valence-corrected chi connectivity index (χ4v) is 3.88. The van der Waals surface area contributed by atoms with Crippen molar-refractivity contribution in [1.82, 2.24) is 19.9 Å². The lowest BCUT2D eigenvalue weighted by Crippen LogP contribution is -2.58. The van der Waals surface area contributed by atoms with Crippen LogP contribution in [0.2, 0.25) is 0 Å². The number of hydrogen-bond donors (Lipinski definition) is 1. The van der Waals surface area contributed by atoms with Crippen LogP contribution in [0, 0.1) is 12.8 Å². The monoisotopic (exact) mass is 341 g/mol. The van der Waals surface area contributed by atoms with E-state index < -0.39 is 0 Å². The molecule has 1 aromatic carbocycles. The zero-order valence-corrected chi connectivity index (χ0v) is 15.4. The van der Waals surface area contributed by atoms with Gasteiger partial charge in [0, 0.05) is 30.4 Å². The number of aromatic nitrogens is 3. The first kappa shape index (κ1) is 17.6. The zero-order chi connectivity index (χ0) is 18.0. The number of nitrogens with one attached hydrogen (secondary N) is 1. The number of rotatable bonds is 3. The molecule has 1 aromatic heterocycles. The molecule has 1 N–H and O–H groups in total. The highest BCUT2D eigenvalue weighted by molar-refractivity contribution is 5.76. The minimum absolute atomic E-state index is 0.658. The molecule has 3 fully saturated rings. The van der Waals surface area contributed by atoms with E-state index in [1.807, 2.05) is 25.1 Å². The molecular weight excluding hydrogens is 314 g/mol. The van der Waals surface area contributed by atoms with Crippen molar-refractivity contribution in [2.75, 3.05) is 12.4 Å². The second kappa shape index (κ2) is 7.35. The van der Waals surface area contributed by atoms with E-state index >= 15 is 0 Å². The molecule has 2 saturated heterocycles. The summed E-state index contributed by atoms with van der Waals surface area (Å²) < 4.78 is 0. The van der Waals surface area contributed by atoms with Crippen LogP contribution in [0.5, 0.6) is 0 Å². The van der Waals surface area contributed by atoms with Gasteiger partial charge in [-0.25, -0.2) is 0 Å². The number of fused-ring (bicyclic) bond motifs is 2. The maximum atomic E-state index is 10.4. The van der Waals surface area contributed by atoms with Gasteiger partial charge in [0.1, 0.15) is 5.69 Å². The van der Waals surface area contributed by atoms with Crippen LogP contribution in [0.3, 0.4) is 0 Å². The minimum Gasteiger partial charge on any atom is -0.329 e. The largest absolute Gasteiger partial charge is 0.329 e. The Bertz CT molecular complexity index is 729. The summed E-state index contributed by atoms with van der Waals surface area (Å²) in [7, 11) is 4.04. The third-order valence-corrected chi connectivity index (χ3v) is 5.38. The molecule has 3 atom stereocenters. The summed E-state index contributed by atoms with van der Waals surface area (Å²) in [4.78, 5) is 14.4. The molecule has 3 heterocycles. The molecule has 2 bridgehead atoms. The number of carbonyl (C=O) groups excluding carboxylic acids is 1. The Morgan fingerprint density at radius 2 is 1.92 bits per heavy atom. The lowest BCUT2D eigenvalue weighted by Gasteiger charge is -2.53. The molecule has 1 saturated carbocycles. The first-order valence-electron chi connectivity index (χ1n) is 8.87. The Labute approximate surface area is 149 Å². The van der Waals surface area contributed by atoms with Crippen LogP contribution >= 0.6 is 0 Å². The highest BCUT2D eigenvalue weighted by atomic mass is 16.1. The summed E-state index contributed by atoms with van der Waals surface area (Å²) in [5, 5.41) is 10.9. The second-order valence-electron chi connectivity index (χ2n) is 7.30. The Morgan fingerprint density at radius 1 is 1.20 bits per heavy atom. The quantitative estimate of drug-likeness (QED) is 0.872. The lowest BCUT2D eigenvalue weighted by molar-refractivity contribution is -0.105. The number of amides is 1. The van der Waals surface area contributed by atoms with E-state index in [0.717, 1.165) is 40.5 Å². The maximum Gasteiger partial charge on any atom is 0.211 e. The average molecular weight is 341 g/mol. The Balaban J connectivity index is 0.000000170. The Kier molecular flexibility index (Phi) is 5.18. The van der Waals surface area contributed by atoms with Gasteiger partial charge in [-0.1, -0.05) is 13.0 Å². The SMILES string of the molecule is CC1C[C@@H]2C[C@H](C1)N2C.Cc1ccc(NC=O)cc1-c1cnn(C)n1. The standard InChI is InChI=1S/C11H12N4O.C8H15N/c1-8-3-4-9(12-7-16)5-10(8)11-6-13-15(2)14-11;1-6-3-7-5-8(4-6)9(7)2/h3-7H,1-2H3,(H,12,16);6-8H,3-5H2,1-2H3/t;6?,7-,8+. The minimum atomic E-state index is 0.658. The van der Waals surface area contributed by atoms with Gasteiger partial charge in [-0.2, -0.15) is 15.0 Å². The molecule has 134 valence electrons. The fraction of sp³-hybridized carbons (Fsp3) is 0.526. The fourth-order valence-electron chi connectivity index (χ4n) is 3.88. The van der Waals surface area contributed by atoms with Gasteiger partial charge in [0.05, 0.1) is 6.20 Å². The summed E-state index contributed by atoms with van der Waals surface area (Å²) in [6, 6.07) is 7.59. The second-order valence-corrected chi connectivity index (χ2v) is 7.30. The number of anilines is 1. The molecule has 2 aromatic rings. The average Bonchev–Trinajstić information content (AvgIpc) is 3.03. The third kappa shape index (κ3) is 3.90. The maximum absolute atomic E-state index is 10.4. The van der Waals surface area contributed by atoms with Gasteiger partial charge in [0.2, 0.25) is 6.41 Å². The Morgan fingerprint density at radius 3 is 2.44 bits per heavy atom. The molecule has 2 aliphatic heterocycles. The number of piperidine rings is 1. The van der Waals surface area contributed by atoms with Gasteiger partial charge in [-0.05, 0) is 56.8 Å².